The van der Waals surface area contributed by atoms with Crippen LogP contribution in [0.3, 0.4) is 0 Å². The number of hydrogen-bond acceptors (Lipinski definition) is 3. The van der Waals surface area contributed by atoms with Crippen molar-refractivity contribution in [1.82, 2.24) is 10.2 Å². The molecule has 7 heteroatoms. The smallest absolute Gasteiger partial charge is 0.253 e. The normalized spacial score (nSPS) is 13.3. The number of hydrogen-bond donors (Lipinski definition) is 2. The van der Waals surface area contributed by atoms with E-state index < -0.39 is 0 Å². The van der Waals surface area contributed by atoms with Gasteiger partial charge in [-0.3, -0.25) is 9.59 Å². The number of likely N-dealkylation sites (tertiary alicyclic amines) is 1. The Morgan fingerprint density at radius 2 is 1.78 bits per heavy atom. The molecule has 0 spiro atoms. The number of anilines is 1. The Balaban J connectivity index is 1.55. The fourth-order valence-electron chi connectivity index (χ4n) is 2.95. The van der Waals surface area contributed by atoms with E-state index in [-0.39, 0.29) is 23.3 Å². The fraction of sp³-hybridized carbons (Fsp3) is 0.250. The Labute approximate surface area is 168 Å². The van der Waals surface area contributed by atoms with Crippen molar-refractivity contribution in [2.45, 2.75) is 19.3 Å². The van der Waals surface area contributed by atoms with Crippen LogP contribution in [0.4, 0.5) is 5.69 Å². The molecule has 1 fully saturated rings. The van der Waals surface area contributed by atoms with Crippen LogP contribution in [0.2, 0.25) is 5.02 Å². The van der Waals surface area contributed by atoms with Crippen LogP contribution in [0.1, 0.15) is 28.8 Å². The molecule has 0 aliphatic carbocycles. The zero-order valence-corrected chi connectivity index (χ0v) is 16.3. The van der Waals surface area contributed by atoms with Gasteiger partial charge in [0.1, 0.15) is 0 Å². The molecular formula is C20H20ClN3O2S. The van der Waals surface area contributed by atoms with Crippen molar-refractivity contribution in [2.75, 3.05) is 18.4 Å². The fourth-order valence-corrected chi connectivity index (χ4v) is 3.31. The predicted octanol–water partition coefficient (Wildman–Crippen LogP) is 3.63. The van der Waals surface area contributed by atoms with Gasteiger partial charge in [-0.05, 0) is 61.0 Å². The first-order chi connectivity index (χ1) is 13.0. The molecule has 0 radical (unpaired) electrons. The number of carbonyl (C=O) groups excluding carboxylic acids is 2. The van der Waals surface area contributed by atoms with Crippen molar-refractivity contribution in [3.8, 4) is 0 Å². The minimum atomic E-state index is -0.223. The Kier molecular flexibility index (Phi) is 6.42. The number of halogens is 1. The second kappa shape index (κ2) is 8.97. The second-order valence-corrected chi connectivity index (χ2v) is 7.23. The van der Waals surface area contributed by atoms with Crippen molar-refractivity contribution in [3.05, 3.63) is 64.7 Å². The Morgan fingerprint density at radius 1 is 1.07 bits per heavy atom. The lowest BCUT2D eigenvalue weighted by Gasteiger charge is -2.16. The van der Waals surface area contributed by atoms with Gasteiger partial charge in [-0.1, -0.05) is 29.8 Å². The van der Waals surface area contributed by atoms with E-state index >= 15 is 0 Å². The molecule has 0 unspecified atom stereocenters. The van der Waals surface area contributed by atoms with E-state index in [1.54, 1.807) is 48.5 Å². The van der Waals surface area contributed by atoms with E-state index in [1.165, 1.54) is 0 Å². The van der Waals surface area contributed by atoms with Crippen LogP contribution < -0.4 is 10.6 Å². The number of amides is 2. The Bertz CT molecular complexity index is 849. The first kappa shape index (κ1) is 19.3. The van der Waals surface area contributed by atoms with E-state index in [1.807, 2.05) is 4.90 Å². The summed E-state index contributed by atoms with van der Waals surface area (Å²) in [5.74, 6) is -0.201. The highest BCUT2D eigenvalue weighted by molar-refractivity contribution is 7.80. The zero-order valence-electron chi connectivity index (χ0n) is 14.7. The zero-order chi connectivity index (χ0) is 19.2. The van der Waals surface area contributed by atoms with Crippen LogP contribution in [0.5, 0.6) is 0 Å². The molecular weight excluding hydrogens is 382 g/mol. The van der Waals surface area contributed by atoms with Gasteiger partial charge in [-0.25, -0.2) is 0 Å². The van der Waals surface area contributed by atoms with Gasteiger partial charge in [0.25, 0.3) is 5.91 Å². The molecule has 1 aliphatic rings. The Hall–Kier alpha value is -2.44. The molecule has 1 saturated heterocycles. The first-order valence-electron chi connectivity index (χ1n) is 8.76. The van der Waals surface area contributed by atoms with E-state index in [0.717, 1.165) is 31.5 Å². The lowest BCUT2D eigenvalue weighted by molar-refractivity contribution is -0.119. The molecule has 2 aromatic carbocycles. The molecule has 3 rings (SSSR count). The van der Waals surface area contributed by atoms with Crippen LogP contribution in [-0.2, 0) is 11.2 Å². The summed E-state index contributed by atoms with van der Waals surface area (Å²) in [6, 6.07) is 14.2. The molecule has 1 aliphatic heterocycles. The van der Waals surface area contributed by atoms with Gasteiger partial charge < -0.3 is 15.5 Å². The highest BCUT2D eigenvalue weighted by Gasteiger charge is 2.19. The van der Waals surface area contributed by atoms with Crippen LogP contribution in [0.15, 0.2) is 48.5 Å². The van der Waals surface area contributed by atoms with Gasteiger partial charge in [0, 0.05) is 29.4 Å². The summed E-state index contributed by atoms with van der Waals surface area (Å²) in [6.07, 6.45) is 2.30. The summed E-state index contributed by atoms with van der Waals surface area (Å²) in [6.45, 7) is 1.60. The molecule has 2 aromatic rings. The highest BCUT2D eigenvalue weighted by Crippen LogP contribution is 2.16. The second-order valence-electron chi connectivity index (χ2n) is 6.39. The maximum Gasteiger partial charge on any atom is 0.253 e. The molecule has 0 bridgehead atoms. The molecule has 0 aromatic heterocycles. The van der Waals surface area contributed by atoms with Crippen LogP contribution in [0.25, 0.3) is 0 Å². The third kappa shape index (κ3) is 5.52. The SMILES string of the molecule is O=C(Cc1ccc(Cl)cc1)NC(=S)Nc1cccc(C(=O)N2CCCC2)c1. The maximum absolute atomic E-state index is 12.5. The Morgan fingerprint density at radius 3 is 2.48 bits per heavy atom. The third-order valence-electron chi connectivity index (χ3n) is 4.29. The molecule has 27 heavy (non-hydrogen) atoms. The number of nitrogens with zero attached hydrogens (tertiary/aromatic N) is 1. The van der Waals surface area contributed by atoms with Crippen LogP contribution in [0, 0.1) is 0 Å². The summed E-state index contributed by atoms with van der Waals surface area (Å²) < 4.78 is 0. The summed E-state index contributed by atoms with van der Waals surface area (Å²) in [7, 11) is 0. The van der Waals surface area contributed by atoms with Crippen LogP contribution >= 0.6 is 23.8 Å². The van der Waals surface area contributed by atoms with Gasteiger partial charge in [-0.15, -0.1) is 0 Å². The molecule has 140 valence electrons. The molecule has 0 atom stereocenters. The quantitative estimate of drug-likeness (QED) is 0.768. The van der Waals surface area contributed by atoms with E-state index in [9.17, 15) is 9.59 Å². The van der Waals surface area contributed by atoms with Crippen molar-refractivity contribution in [3.63, 3.8) is 0 Å². The minimum absolute atomic E-state index is 0.0221. The van der Waals surface area contributed by atoms with Gasteiger partial charge in [0.15, 0.2) is 5.11 Å². The molecule has 2 amide bonds. The number of rotatable bonds is 4. The average molecular weight is 402 g/mol. The standard InChI is InChI=1S/C20H20ClN3O2S/c21-16-8-6-14(7-9-16)12-18(25)23-20(27)22-17-5-3-4-15(13-17)19(26)24-10-1-2-11-24/h3-9,13H,1-2,10-12H2,(H2,22,23,25,27). The number of nitrogens with one attached hydrogen (secondary N) is 2. The van der Waals surface area contributed by atoms with Crippen molar-refractivity contribution < 1.29 is 9.59 Å². The molecule has 5 nitrogen and oxygen atoms in total. The lowest BCUT2D eigenvalue weighted by atomic mass is 10.1. The van der Waals surface area contributed by atoms with Gasteiger partial charge in [0.2, 0.25) is 5.91 Å². The third-order valence-corrected chi connectivity index (χ3v) is 4.75. The monoisotopic (exact) mass is 401 g/mol. The number of carbonyl (C=O) groups is 2. The minimum Gasteiger partial charge on any atom is -0.339 e. The molecule has 2 N–H and O–H groups in total. The highest BCUT2D eigenvalue weighted by atomic mass is 35.5. The van der Waals surface area contributed by atoms with Crippen molar-refractivity contribution >= 4 is 46.4 Å². The summed E-state index contributed by atoms with van der Waals surface area (Å²) in [5.41, 5.74) is 2.12. The molecule has 1 heterocycles. The molecule has 0 saturated carbocycles. The summed E-state index contributed by atoms with van der Waals surface area (Å²) in [5, 5.41) is 6.43. The predicted molar refractivity (Wildman–Crippen MR) is 111 cm³/mol. The van der Waals surface area contributed by atoms with Gasteiger partial charge >= 0.3 is 0 Å². The lowest BCUT2D eigenvalue weighted by Crippen LogP contribution is -2.35. The number of benzene rings is 2. The maximum atomic E-state index is 12.5. The van der Waals surface area contributed by atoms with E-state index in [2.05, 4.69) is 10.6 Å². The van der Waals surface area contributed by atoms with Gasteiger partial charge in [-0.2, -0.15) is 0 Å². The first-order valence-corrected chi connectivity index (χ1v) is 9.54. The largest absolute Gasteiger partial charge is 0.339 e. The van der Waals surface area contributed by atoms with Crippen LogP contribution in [-0.4, -0.2) is 34.9 Å². The van der Waals surface area contributed by atoms with Gasteiger partial charge in [0.05, 0.1) is 6.42 Å². The average Bonchev–Trinajstić information content (AvgIpc) is 3.17. The van der Waals surface area contributed by atoms with E-state index in [0.29, 0.717) is 16.3 Å². The van der Waals surface area contributed by atoms with Crippen molar-refractivity contribution in [1.29, 1.82) is 0 Å². The van der Waals surface area contributed by atoms with Crippen molar-refractivity contribution in [2.24, 2.45) is 0 Å². The summed E-state index contributed by atoms with van der Waals surface area (Å²) >= 11 is 11.0. The summed E-state index contributed by atoms with van der Waals surface area (Å²) in [4.78, 5) is 26.4. The topological polar surface area (TPSA) is 61.4 Å². The van der Waals surface area contributed by atoms with E-state index in [4.69, 9.17) is 23.8 Å². The number of thiocarbonyl (C=S) groups is 1.